The van der Waals surface area contributed by atoms with Gasteiger partial charge in [0, 0.05) is 49.4 Å². The Morgan fingerprint density at radius 1 is 1.05 bits per heavy atom. The van der Waals surface area contributed by atoms with E-state index in [1.165, 1.54) is 6.07 Å². The van der Waals surface area contributed by atoms with Crippen LogP contribution in [0.1, 0.15) is 56.6 Å². The third-order valence-corrected chi connectivity index (χ3v) is 9.93. The fourth-order valence-corrected chi connectivity index (χ4v) is 7.57. The third-order valence-electron chi connectivity index (χ3n) is 9.93. The van der Waals surface area contributed by atoms with Gasteiger partial charge in [-0.25, -0.2) is 18.6 Å². The van der Waals surface area contributed by atoms with E-state index >= 15 is 0 Å². The number of likely N-dealkylation sites (tertiary alicyclic amines) is 2. The van der Waals surface area contributed by atoms with Gasteiger partial charge in [-0.05, 0) is 68.7 Å². The van der Waals surface area contributed by atoms with Crippen LogP contribution in [0.3, 0.4) is 0 Å². The number of nitrogens with one attached hydrogen (secondary N) is 1. The van der Waals surface area contributed by atoms with Crippen LogP contribution in [0.15, 0.2) is 65.7 Å². The van der Waals surface area contributed by atoms with Crippen LogP contribution >= 0.6 is 0 Å². The number of amides is 2. The zero-order chi connectivity index (χ0) is 29.3. The number of halogens is 2. The Balaban J connectivity index is 1.21. The van der Waals surface area contributed by atoms with Gasteiger partial charge in [0.15, 0.2) is 0 Å². The average molecular weight is 576 g/mol. The fourth-order valence-electron chi connectivity index (χ4n) is 7.57. The predicted molar refractivity (Wildman–Crippen MR) is 158 cm³/mol. The topological polar surface area (TPSA) is 70.5 Å². The van der Waals surface area contributed by atoms with Gasteiger partial charge in [-0.15, -0.1) is 0 Å². The summed E-state index contributed by atoms with van der Waals surface area (Å²) in [6.45, 7) is 2.24. The lowest BCUT2D eigenvalue weighted by atomic mass is 9.69. The fraction of sp³-hybridized carbons (Fsp3) is 0.485. The molecule has 3 atom stereocenters. The first-order valence-corrected chi connectivity index (χ1v) is 15.2. The minimum absolute atomic E-state index is 0.0668. The minimum Gasteiger partial charge on any atom is -0.324 e. The van der Waals surface area contributed by atoms with Crippen molar-refractivity contribution in [2.75, 3.05) is 26.7 Å². The zero-order valence-electron chi connectivity index (χ0n) is 24.1. The number of aromatic nitrogens is 2. The molecule has 0 unspecified atom stereocenters. The highest BCUT2D eigenvalue weighted by atomic mass is 19.1. The smallest absolute Gasteiger partial charge is 0.320 e. The van der Waals surface area contributed by atoms with E-state index in [2.05, 4.69) is 10.3 Å². The van der Waals surface area contributed by atoms with Crippen LogP contribution in [-0.4, -0.2) is 58.1 Å². The Bertz CT molecular complexity index is 1470. The first kappa shape index (κ1) is 28.5. The molecule has 7 nitrogen and oxygen atoms in total. The molecule has 0 radical (unpaired) electrons. The first-order valence-electron chi connectivity index (χ1n) is 15.2. The number of piperidine rings is 2. The molecule has 2 amide bonds. The number of hydrogen-bond donors (Lipinski definition) is 1. The lowest BCUT2D eigenvalue weighted by molar-refractivity contribution is 0.0205. The molecule has 0 bridgehead atoms. The summed E-state index contributed by atoms with van der Waals surface area (Å²) in [5.74, 6) is -0.741. The van der Waals surface area contributed by atoms with Crippen molar-refractivity contribution in [1.82, 2.24) is 24.7 Å². The monoisotopic (exact) mass is 575 g/mol. The highest BCUT2D eigenvalue weighted by molar-refractivity contribution is 5.75. The van der Waals surface area contributed by atoms with Gasteiger partial charge < -0.3 is 15.1 Å². The van der Waals surface area contributed by atoms with Crippen LogP contribution in [0.4, 0.5) is 13.6 Å². The summed E-state index contributed by atoms with van der Waals surface area (Å²) in [4.78, 5) is 35.5. The molecule has 3 heterocycles. The molecule has 1 aliphatic carbocycles. The number of carbonyl (C=O) groups is 1. The Kier molecular flexibility index (Phi) is 8.12. The average Bonchev–Trinajstić information content (AvgIpc) is 3.48. The van der Waals surface area contributed by atoms with E-state index in [1.807, 2.05) is 42.3 Å². The Hall–Kier alpha value is -3.59. The molecule has 9 heteroatoms. The van der Waals surface area contributed by atoms with Crippen LogP contribution in [0.5, 0.6) is 0 Å². The SMILES string of the molecule is CN[C@@H]1CCN(C(=O)N2CC[C@@H](Cn3cnc(-c4ccccc4)cc3=O)C3(CCCC3)C2)[C@H](c2cc(F)ccc2F)C1. The lowest BCUT2D eigenvalue weighted by Crippen LogP contribution is -2.57. The molecular weight excluding hydrogens is 536 g/mol. The molecule has 3 fully saturated rings. The molecule has 3 aliphatic rings. The summed E-state index contributed by atoms with van der Waals surface area (Å²) in [6, 6.07) is 14.3. The minimum atomic E-state index is -0.538. The van der Waals surface area contributed by atoms with Gasteiger partial charge in [0.2, 0.25) is 0 Å². The van der Waals surface area contributed by atoms with E-state index in [0.29, 0.717) is 38.3 Å². The molecular formula is C33H39F2N5O2. The summed E-state index contributed by atoms with van der Waals surface area (Å²) >= 11 is 0. The zero-order valence-corrected chi connectivity index (χ0v) is 24.1. The van der Waals surface area contributed by atoms with Gasteiger partial charge >= 0.3 is 6.03 Å². The number of carbonyl (C=O) groups excluding carboxylic acids is 1. The second-order valence-electron chi connectivity index (χ2n) is 12.3. The van der Waals surface area contributed by atoms with Gasteiger partial charge in [-0.2, -0.15) is 0 Å². The van der Waals surface area contributed by atoms with Crippen molar-refractivity contribution in [3.05, 3.63) is 88.5 Å². The van der Waals surface area contributed by atoms with Crippen LogP contribution in [0, 0.1) is 23.0 Å². The van der Waals surface area contributed by atoms with Crippen molar-refractivity contribution in [2.45, 2.75) is 63.6 Å². The molecule has 6 rings (SSSR count). The molecule has 2 aromatic carbocycles. The van der Waals surface area contributed by atoms with Crippen LogP contribution < -0.4 is 10.9 Å². The summed E-state index contributed by atoms with van der Waals surface area (Å²) in [7, 11) is 1.87. The Morgan fingerprint density at radius 3 is 2.57 bits per heavy atom. The largest absolute Gasteiger partial charge is 0.324 e. The van der Waals surface area contributed by atoms with Gasteiger partial charge in [0.05, 0.1) is 18.1 Å². The standard InChI is InChI=1S/C33H39F2N5O2/c1-36-26-12-16-40(30(18-26)27-17-25(34)9-10-28(27)35)32(42)38-15-11-24(33(21-38)13-5-6-14-33)20-39-22-37-29(19-31(39)41)23-7-3-2-4-8-23/h2-4,7-10,17,19,22,24,26,30,36H,5-6,11-16,18,20-21H2,1H3/t24-,26+,30-/m0/s1. The number of nitrogens with zero attached hydrogens (tertiary/aromatic N) is 4. The maximum atomic E-state index is 14.9. The van der Waals surface area contributed by atoms with Crippen molar-refractivity contribution in [1.29, 1.82) is 0 Å². The van der Waals surface area contributed by atoms with Gasteiger partial charge in [-0.1, -0.05) is 43.2 Å². The molecule has 2 aliphatic heterocycles. The summed E-state index contributed by atoms with van der Waals surface area (Å²) in [5.41, 5.74) is 1.67. The number of urea groups is 1. The van der Waals surface area contributed by atoms with E-state index in [-0.39, 0.29) is 34.5 Å². The summed E-state index contributed by atoms with van der Waals surface area (Å²) in [5, 5.41) is 3.26. The molecule has 2 saturated heterocycles. The first-order chi connectivity index (χ1) is 20.4. The quantitative estimate of drug-likeness (QED) is 0.429. The van der Waals surface area contributed by atoms with Gasteiger partial charge in [0.25, 0.3) is 5.56 Å². The molecule has 1 N–H and O–H groups in total. The van der Waals surface area contributed by atoms with E-state index in [9.17, 15) is 18.4 Å². The third kappa shape index (κ3) is 5.59. The van der Waals surface area contributed by atoms with Gasteiger partial charge in [-0.3, -0.25) is 9.36 Å². The van der Waals surface area contributed by atoms with Gasteiger partial charge in [0.1, 0.15) is 11.6 Å². The maximum absolute atomic E-state index is 14.9. The van der Waals surface area contributed by atoms with E-state index < -0.39 is 17.7 Å². The van der Waals surface area contributed by atoms with Crippen molar-refractivity contribution >= 4 is 6.03 Å². The van der Waals surface area contributed by atoms with E-state index in [0.717, 1.165) is 56.2 Å². The van der Waals surface area contributed by atoms with E-state index in [1.54, 1.807) is 21.9 Å². The summed E-state index contributed by atoms with van der Waals surface area (Å²) in [6.07, 6.45) is 7.95. The van der Waals surface area contributed by atoms with Crippen LogP contribution in [-0.2, 0) is 6.54 Å². The second kappa shape index (κ2) is 12.0. The molecule has 222 valence electrons. The highest BCUT2D eigenvalue weighted by Crippen LogP contribution is 2.49. The number of hydrogen-bond acceptors (Lipinski definition) is 4. The molecule has 1 aromatic heterocycles. The Morgan fingerprint density at radius 2 is 1.83 bits per heavy atom. The molecule has 3 aromatic rings. The lowest BCUT2D eigenvalue weighted by Gasteiger charge is -2.49. The highest BCUT2D eigenvalue weighted by Gasteiger charge is 2.47. The molecule has 1 spiro atoms. The summed E-state index contributed by atoms with van der Waals surface area (Å²) < 4.78 is 30.9. The normalized spacial score (nSPS) is 23.8. The molecule has 42 heavy (non-hydrogen) atoms. The molecule has 1 saturated carbocycles. The number of benzene rings is 2. The van der Waals surface area contributed by atoms with Crippen LogP contribution in [0.25, 0.3) is 11.3 Å². The second-order valence-corrected chi connectivity index (χ2v) is 12.3. The van der Waals surface area contributed by atoms with Crippen LogP contribution in [0.2, 0.25) is 0 Å². The van der Waals surface area contributed by atoms with Crippen molar-refractivity contribution < 1.29 is 13.6 Å². The Labute approximate surface area is 245 Å². The van der Waals surface area contributed by atoms with Crippen molar-refractivity contribution in [3.63, 3.8) is 0 Å². The maximum Gasteiger partial charge on any atom is 0.320 e. The van der Waals surface area contributed by atoms with E-state index in [4.69, 9.17) is 0 Å². The van der Waals surface area contributed by atoms with Crippen molar-refractivity contribution in [3.8, 4) is 11.3 Å². The van der Waals surface area contributed by atoms with Crippen molar-refractivity contribution in [2.24, 2.45) is 11.3 Å². The number of rotatable bonds is 5. The predicted octanol–water partition coefficient (Wildman–Crippen LogP) is 5.62.